The van der Waals surface area contributed by atoms with Crippen molar-refractivity contribution in [2.24, 2.45) is 34.5 Å². The largest absolute Gasteiger partial charge is 0.393 e. The van der Waals surface area contributed by atoms with Crippen LogP contribution < -0.4 is 0 Å². The van der Waals surface area contributed by atoms with E-state index in [9.17, 15) is 9.90 Å². The van der Waals surface area contributed by atoms with E-state index in [4.69, 9.17) is 0 Å². The predicted molar refractivity (Wildman–Crippen MR) is 95.3 cm³/mol. The van der Waals surface area contributed by atoms with E-state index in [0.717, 1.165) is 30.6 Å². The average Bonchev–Trinajstić information content (AvgIpc) is 2.89. The van der Waals surface area contributed by atoms with Gasteiger partial charge in [0.2, 0.25) is 5.91 Å². The molecule has 3 heteroatoms. The number of hydrogen-bond donors (Lipinski definition) is 1. The van der Waals surface area contributed by atoms with E-state index >= 15 is 0 Å². The third-order valence-corrected chi connectivity index (χ3v) is 9.21. The van der Waals surface area contributed by atoms with Gasteiger partial charge in [-0.2, -0.15) is 0 Å². The molecular weight excluding hydrogens is 298 g/mol. The zero-order valence-electron chi connectivity index (χ0n) is 15.9. The number of rotatable bonds is 1. The van der Waals surface area contributed by atoms with Crippen molar-refractivity contribution in [1.82, 2.24) is 4.90 Å². The van der Waals surface area contributed by atoms with Crippen LogP contribution in [0.4, 0.5) is 0 Å². The van der Waals surface area contributed by atoms with Crippen LogP contribution in [0.25, 0.3) is 0 Å². The van der Waals surface area contributed by atoms with Crippen molar-refractivity contribution in [2.75, 3.05) is 7.05 Å². The summed E-state index contributed by atoms with van der Waals surface area (Å²) in [6.45, 7) is 6.97. The standard InChI is InChI=1S/C21H35NO2/c1-13(23)15-6-7-16-14-5-8-18-21(3,12-10-19(24)22(18)4)17(14)9-11-20(15,16)2/h13-18,23H,5-12H2,1-4H3/t13?,14-,15+,16-,17-,18?,20+,21+/m0/s1. The van der Waals surface area contributed by atoms with Gasteiger partial charge in [0.05, 0.1) is 6.10 Å². The number of aliphatic hydroxyl groups excluding tert-OH is 1. The third kappa shape index (κ3) is 2.09. The molecule has 0 aromatic rings. The zero-order valence-corrected chi connectivity index (χ0v) is 15.9. The fraction of sp³-hybridized carbons (Fsp3) is 0.952. The molecule has 4 aliphatic rings. The summed E-state index contributed by atoms with van der Waals surface area (Å²) in [6.07, 6.45) is 9.23. The van der Waals surface area contributed by atoms with Crippen LogP contribution in [0.2, 0.25) is 0 Å². The molecular formula is C21H35NO2. The maximum absolute atomic E-state index is 12.2. The van der Waals surface area contributed by atoms with Gasteiger partial charge in [-0.05, 0) is 86.4 Å². The first-order valence-electron chi connectivity index (χ1n) is 10.2. The van der Waals surface area contributed by atoms with Gasteiger partial charge in [0.15, 0.2) is 0 Å². The molecule has 8 atom stereocenters. The number of amides is 1. The molecule has 24 heavy (non-hydrogen) atoms. The number of fused-ring (bicyclic) bond motifs is 5. The Hall–Kier alpha value is -0.570. The molecule has 1 saturated heterocycles. The lowest BCUT2D eigenvalue weighted by Gasteiger charge is -2.62. The van der Waals surface area contributed by atoms with E-state index in [0.29, 0.717) is 28.7 Å². The molecule has 1 N–H and O–H groups in total. The lowest BCUT2D eigenvalue weighted by atomic mass is 9.46. The lowest BCUT2D eigenvalue weighted by molar-refractivity contribution is -0.159. The monoisotopic (exact) mass is 333 g/mol. The van der Waals surface area contributed by atoms with Crippen molar-refractivity contribution in [3.63, 3.8) is 0 Å². The first kappa shape index (κ1) is 16.9. The number of carbonyl (C=O) groups is 1. The summed E-state index contributed by atoms with van der Waals surface area (Å²) in [5.41, 5.74) is 0.657. The first-order chi connectivity index (χ1) is 11.3. The highest BCUT2D eigenvalue weighted by Crippen LogP contribution is 2.66. The number of carbonyl (C=O) groups excluding carboxylic acids is 1. The average molecular weight is 334 g/mol. The van der Waals surface area contributed by atoms with Crippen molar-refractivity contribution < 1.29 is 9.90 Å². The van der Waals surface area contributed by atoms with Gasteiger partial charge < -0.3 is 10.0 Å². The summed E-state index contributed by atoms with van der Waals surface area (Å²) in [5, 5.41) is 10.3. The van der Waals surface area contributed by atoms with Crippen LogP contribution in [-0.4, -0.2) is 35.1 Å². The molecule has 0 radical (unpaired) electrons. The minimum absolute atomic E-state index is 0.165. The summed E-state index contributed by atoms with van der Waals surface area (Å²) in [5.74, 6) is 3.22. The Morgan fingerprint density at radius 3 is 2.46 bits per heavy atom. The van der Waals surface area contributed by atoms with Gasteiger partial charge in [0, 0.05) is 19.5 Å². The molecule has 4 fully saturated rings. The SMILES string of the molecule is CC(O)[C@H]1CC[C@H]2[C@@H]3CCC4N(C)C(=O)CC[C@]4(C)[C@H]3CC[C@]12C. The van der Waals surface area contributed by atoms with Gasteiger partial charge in [-0.15, -0.1) is 0 Å². The van der Waals surface area contributed by atoms with E-state index in [1.54, 1.807) is 0 Å². The molecule has 136 valence electrons. The number of hydrogen-bond acceptors (Lipinski definition) is 2. The molecule has 0 bridgehead atoms. The maximum atomic E-state index is 12.2. The van der Waals surface area contributed by atoms with Crippen molar-refractivity contribution >= 4 is 5.91 Å². The van der Waals surface area contributed by atoms with Gasteiger partial charge in [-0.3, -0.25) is 4.79 Å². The summed E-state index contributed by atoms with van der Waals surface area (Å²) in [4.78, 5) is 14.3. The van der Waals surface area contributed by atoms with Crippen LogP contribution in [-0.2, 0) is 4.79 Å². The molecule has 0 aromatic heterocycles. The lowest BCUT2D eigenvalue weighted by Crippen LogP contribution is -2.61. The minimum Gasteiger partial charge on any atom is -0.393 e. The highest BCUT2D eigenvalue weighted by Gasteiger charge is 2.61. The van der Waals surface area contributed by atoms with Crippen LogP contribution in [0.1, 0.15) is 72.1 Å². The number of piperidine rings is 1. The second kappa shape index (κ2) is 5.46. The predicted octanol–water partition coefficient (Wildman–Crippen LogP) is 3.85. The van der Waals surface area contributed by atoms with Crippen LogP contribution in [0, 0.1) is 34.5 Å². The Kier molecular flexibility index (Phi) is 3.84. The third-order valence-electron chi connectivity index (χ3n) is 9.21. The Bertz CT molecular complexity index is 532. The summed E-state index contributed by atoms with van der Waals surface area (Å²) >= 11 is 0. The van der Waals surface area contributed by atoms with Crippen LogP contribution in [0.15, 0.2) is 0 Å². The summed E-state index contributed by atoms with van der Waals surface area (Å²) in [6, 6.07) is 0.457. The second-order valence-corrected chi connectivity index (χ2v) is 9.95. The Morgan fingerprint density at radius 2 is 1.75 bits per heavy atom. The molecule has 4 rings (SSSR count). The van der Waals surface area contributed by atoms with Gasteiger partial charge in [-0.1, -0.05) is 13.8 Å². The molecule has 1 amide bonds. The van der Waals surface area contributed by atoms with E-state index in [1.165, 1.54) is 38.5 Å². The topological polar surface area (TPSA) is 40.5 Å². The number of likely N-dealkylation sites (tertiary alicyclic amines) is 1. The minimum atomic E-state index is -0.165. The second-order valence-electron chi connectivity index (χ2n) is 9.95. The van der Waals surface area contributed by atoms with Gasteiger partial charge in [0.1, 0.15) is 0 Å². The first-order valence-corrected chi connectivity index (χ1v) is 10.2. The van der Waals surface area contributed by atoms with Crippen LogP contribution in [0.3, 0.4) is 0 Å². The summed E-state index contributed by atoms with van der Waals surface area (Å²) < 4.78 is 0. The Labute approximate surface area is 147 Å². The Morgan fingerprint density at radius 1 is 1.04 bits per heavy atom. The quantitative estimate of drug-likeness (QED) is 0.792. The van der Waals surface area contributed by atoms with Crippen molar-refractivity contribution in [3.05, 3.63) is 0 Å². The number of nitrogens with zero attached hydrogens (tertiary/aromatic N) is 1. The number of aliphatic hydroxyl groups is 1. The summed E-state index contributed by atoms with van der Waals surface area (Å²) in [7, 11) is 2.04. The van der Waals surface area contributed by atoms with Crippen molar-refractivity contribution in [3.8, 4) is 0 Å². The van der Waals surface area contributed by atoms with E-state index in [1.807, 2.05) is 14.0 Å². The highest BCUT2D eigenvalue weighted by molar-refractivity contribution is 5.77. The molecule has 1 heterocycles. The highest BCUT2D eigenvalue weighted by atomic mass is 16.3. The van der Waals surface area contributed by atoms with E-state index in [2.05, 4.69) is 18.7 Å². The van der Waals surface area contributed by atoms with Crippen molar-refractivity contribution in [1.29, 1.82) is 0 Å². The van der Waals surface area contributed by atoms with Gasteiger partial charge in [-0.25, -0.2) is 0 Å². The van der Waals surface area contributed by atoms with E-state index in [-0.39, 0.29) is 6.10 Å². The zero-order chi connectivity index (χ0) is 17.3. The fourth-order valence-corrected chi connectivity index (χ4v) is 7.98. The molecule has 1 aliphatic heterocycles. The van der Waals surface area contributed by atoms with Gasteiger partial charge in [0.25, 0.3) is 0 Å². The van der Waals surface area contributed by atoms with Crippen molar-refractivity contribution in [2.45, 2.75) is 84.3 Å². The smallest absolute Gasteiger partial charge is 0.222 e. The fourth-order valence-electron chi connectivity index (χ4n) is 7.98. The van der Waals surface area contributed by atoms with Crippen LogP contribution in [0.5, 0.6) is 0 Å². The molecule has 3 nitrogen and oxygen atoms in total. The molecule has 3 aliphatic carbocycles. The van der Waals surface area contributed by atoms with E-state index < -0.39 is 0 Å². The van der Waals surface area contributed by atoms with Crippen LogP contribution >= 0.6 is 0 Å². The van der Waals surface area contributed by atoms with Gasteiger partial charge >= 0.3 is 0 Å². The normalized spacial score (nSPS) is 52.5. The molecule has 2 unspecified atom stereocenters. The Balaban J connectivity index is 1.63. The molecule has 0 aromatic carbocycles. The maximum Gasteiger partial charge on any atom is 0.222 e. The molecule has 0 spiro atoms. The molecule has 3 saturated carbocycles.